The molecular weight excluding hydrogens is 791 g/mol. The Morgan fingerprint density at radius 1 is 0.524 bits per heavy atom. The smallest absolute Gasteiger partial charge is 0.220 e. The van der Waals surface area contributed by atoms with Gasteiger partial charge in [-0.05, 0) is 38.5 Å². The predicted octanol–water partition coefficient (Wildman–Crippen LogP) is 12.8. The van der Waals surface area contributed by atoms with Gasteiger partial charge in [-0.3, -0.25) is 4.79 Å². The Kier molecular flexibility index (Phi) is 42.6. The first kappa shape index (κ1) is 59.9. The van der Waals surface area contributed by atoms with E-state index >= 15 is 0 Å². The quantitative estimate of drug-likeness (QED) is 0.0261. The summed E-state index contributed by atoms with van der Waals surface area (Å²) in [6, 6.07) is -0.713. The van der Waals surface area contributed by atoms with Gasteiger partial charge in [-0.1, -0.05) is 238 Å². The first-order valence-corrected chi connectivity index (χ1v) is 27.4. The van der Waals surface area contributed by atoms with Crippen molar-refractivity contribution in [3.8, 4) is 0 Å². The number of rotatable bonds is 47. The van der Waals surface area contributed by atoms with Crippen LogP contribution < -0.4 is 5.32 Å². The number of carbonyl (C=O) groups excluding carboxylic acids is 1. The molecule has 0 bridgehead atoms. The summed E-state index contributed by atoms with van der Waals surface area (Å²) in [5.41, 5.74) is 0. The molecule has 0 spiro atoms. The van der Waals surface area contributed by atoms with E-state index < -0.39 is 49.5 Å². The summed E-state index contributed by atoms with van der Waals surface area (Å²) < 4.78 is 11.3. The Hall–Kier alpha value is -1.07. The lowest BCUT2D eigenvalue weighted by molar-refractivity contribution is -0.302. The highest BCUT2D eigenvalue weighted by Gasteiger charge is 2.44. The summed E-state index contributed by atoms with van der Waals surface area (Å²) in [5, 5.41) is 54.4. The van der Waals surface area contributed by atoms with E-state index in [0.29, 0.717) is 12.8 Å². The number of hydrogen-bond acceptors (Lipinski definition) is 8. The fraction of sp³-hybridized carbons (Fsp3) is 0.944. The minimum absolute atomic E-state index is 0.133. The largest absolute Gasteiger partial charge is 0.394 e. The van der Waals surface area contributed by atoms with Crippen LogP contribution in [0.2, 0.25) is 0 Å². The van der Waals surface area contributed by atoms with Gasteiger partial charge in [0.1, 0.15) is 24.4 Å². The molecule has 9 heteroatoms. The molecule has 1 amide bonds. The minimum Gasteiger partial charge on any atom is -0.394 e. The highest BCUT2D eigenvalue weighted by atomic mass is 16.7. The van der Waals surface area contributed by atoms with E-state index in [1.807, 2.05) is 0 Å². The Balaban J connectivity index is 2.11. The molecule has 1 heterocycles. The molecule has 0 aromatic carbocycles. The molecule has 1 rings (SSSR count). The van der Waals surface area contributed by atoms with Gasteiger partial charge in [-0.25, -0.2) is 0 Å². The molecule has 0 aliphatic carbocycles. The lowest BCUT2D eigenvalue weighted by Gasteiger charge is -2.40. The van der Waals surface area contributed by atoms with Crippen LogP contribution >= 0.6 is 0 Å². The number of aliphatic hydroxyl groups excluding tert-OH is 5. The van der Waals surface area contributed by atoms with Gasteiger partial charge in [-0.15, -0.1) is 0 Å². The average molecular weight is 896 g/mol. The van der Waals surface area contributed by atoms with E-state index in [1.54, 1.807) is 0 Å². The van der Waals surface area contributed by atoms with E-state index in [9.17, 15) is 30.3 Å². The maximum atomic E-state index is 13.0. The van der Waals surface area contributed by atoms with Gasteiger partial charge < -0.3 is 40.3 Å². The number of hydrogen-bond donors (Lipinski definition) is 6. The molecule has 0 radical (unpaired) electrons. The van der Waals surface area contributed by atoms with Crippen molar-refractivity contribution < 1.29 is 39.8 Å². The number of unbranched alkanes of at least 4 members (excludes halogenated alkanes) is 35. The summed E-state index contributed by atoms with van der Waals surface area (Å²) in [4.78, 5) is 13.0. The predicted molar refractivity (Wildman–Crippen MR) is 263 cm³/mol. The van der Waals surface area contributed by atoms with Crippen LogP contribution in [0.15, 0.2) is 12.2 Å². The molecule has 0 aromatic heterocycles. The summed E-state index contributed by atoms with van der Waals surface area (Å²) in [5.74, 6) is -0.141. The summed E-state index contributed by atoms with van der Waals surface area (Å²) in [6.07, 6.45) is 46.8. The topological polar surface area (TPSA) is 149 Å². The van der Waals surface area contributed by atoms with Crippen molar-refractivity contribution in [2.75, 3.05) is 13.2 Å². The molecule has 374 valence electrons. The van der Waals surface area contributed by atoms with Crippen LogP contribution in [-0.4, -0.2) is 87.5 Å². The van der Waals surface area contributed by atoms with Gasteiger partial charge in [0.15, 0.2) is 6.29 Å². The van der Waals surface area contributed by atoms with Gasteiger partial charge in [0, 0.05) is 6.42 Å². The van der Waals surface area contributed by atoms with E-state index in [1.165, 1.54) is 205 Å². The Morgan fingerprint density at radius 3 is 1.29 bits per heavy atom. The Labute approximate surface area is 388 Å². The number of amides is 1. The fourth-order valence-electron chi connectivity index (χ4n) is 8.98. The molecular formula is C54H105NO8. The highest BCUT2D eigenvalue weighted by Crippen LogP contribution is 2.23. The van der Waals surface area contributed by atoms with E-state index in [0.717, 1.165) is 38.5 Å². The second-order valence-electron chi connectivity index (χ2n) is 19.4. The molecule has 63 heavy (non-hydrogen) atoms. The molecule has 6 N–H and O–H groups in total. The first-order valence-electron chi connectivity index (χ1n) is 27.4. The number of allylic oxidation sites excluding steroid dienone is 2. The van der Waals surface area contributed by atoms with Gasteiger partial charge in [0.25, 0.3) is 0 Å². The van der Waals surface area contributed by atoms with Crippen LogP contribution in [-0.2, 0) is 14.3 Å². The molecule has 0 saturated carbocycles. The monoisotopic (exact) mass is 896 g/mol. The van der Waals surface area contributed by atoms with Gasteiger partial charge in [0.2, 0.25) is 5.91 Å². The molecule has 0 aromatic rings. The number of ether oxygens (including phenoxy) is 2. The second-order valence-corrected chi connectivity index (χ2v) is 19.4. The van der Waals surface area contributed by atoms with Crippen molar-refractivity contribution in [1.82, 2.24) is 5.32 Å². The lowest BCUT2D eigenvalue weighted by atomic mass is 9.99. The first-order chi connectivity index (χ1) is 30.8. The van der Waals surface area contributed by atoms with E-state index in [4.69, 9.17) is 9.47 Å². The third kappa shape index (κ3) is 34.8. The van der Waals surface area contributed by atoms with Gasteiger partial charge in [0.05, 0.1) is 25.4 Å². The molecule has 7 atom stereocenters. The van der Waals surface area contributed by atoms with E-state index in [2.05, 4.69) is 31.3 Å². The second kappa shape index (κ2) is 44.7. The maximum Gasteiger partial charge on any atom is 0.220 e. The van der Waals surface area contributed by atoms with Crippen molar-refractivity contribution in [3.05, 3.63) is 12.2 Å². The SMILES string of the molecule is CCCCCCCCCC/C=C\CCCCCCCCCCCCCCCCCCCC(=O)NC(COC1OC(CO)C(O)C(O)C1O)C(O)CCCCCCCCCCCCC. The zero-order chi connectivity index (χ0) is 45.9. The highest BCUT2D eigenvalue weighted by molar-refractivity contribution is 5.76. The zero-order valence-electron chi connectivity index (χ0n) is 41.4. The third-order valence-corrected chi connectivity index (χ3v) is 13.4. The van der Waals surface area contributed by atoms with Crippen molar-refractivity contribution >= 4 is 5.91 Å². The summed E-state index contributed by atoms with van der Waals surface area (Å²) in [7, 11) is 0. The van der Waals surface area contributed by atoms with Crippen LogP contribution in [0.5, 0.6) is 0 Å². The van der Waals surface area contributed by atoms with Crippen LogP contribution in [0.25, 0.3) is 0 Å². The van der Waals surface area contributed by atoms with Crippen LogP contribution in [0.1, 0.15) is 271 Å². The summed E-state index contributed by atoms with van der Waals surface area (Å²) >= 11 is 0. The normalized spacial score (nSPS) is 20.1. The van der Waals surface area contributed by atoms with Crippen LogP contribution in [0.3, 0.4) is 0 Å². The maximum absolute atomic E-state index is 13.0. The third-order valence-electron chi connectivity index (χ3n) is 13.4. The lowest BCUT2D eigenvalue weighted by Crippen LogP contribution is -2.60. The molecule has 1 saturated heterocycles. The van der Waals surface area contributed by atoms with Crippen molar-refractivity contribution in [1.29, 1.82) is 0 Å². The van der Waals surface area contributed by atoms with Crippen molar-refractivity contribution in [2.24, 2.45) is 0 Å². The molecule has 1 aliphatic heterocycles. The standard InChI is InChI=1S/C54H105NO8/c1-3-5-7-9-11-13-15-16-17-18-19-20-21-22-23-24-25-26-27-28-29-30-31-32-34-36-38-40-42-44-50(58)55-47(46-62-54-53(61)52(60)51(59)49(45-56)63-54)48(57)43-41-39-37-35-33-14-12-10-8-6-4-2/h18-19,47-49,51-54,56-57,59-61H,3-17,20-46H2,1-2H3,(H,55,58)/b19-18-. The number of aliphatic hydroxyl groups is 5. The minimum atomic E-state index is -1.55. The molecule has 9 nitrogen and oxygen atoms in total. The van der Waals surface area contributed by atoms with Crippen LogP contribution in [0.4, 0.5) is 0 Å². The van der Waals surface area contributed by atoms with Crippen LogP contribution in [0, 0.1) is 0 Å². The fourth-order valence-corrected chi connectivity index (χ4v) is 8.98. The molecule has 7 unspecified atom stereocenters. The van der Waals surface area contributed by atoms with Gasteiger partial charge in [-0.2, -0.15) is 0 Å². The number of nitrogens with one attached hydrogen (secondary N) is 1. The number of carbonyl (C=O) groups is 1. The Bertz CT molecular complexity index is 997. The molecule has 1 fully saturated rings. The molecule has 1 aliphatic rings. The average Bonchev–Trinajstić information content (AvgIpc) is 3.28. The Morgan fingerprint density at radius 2 is 0.889 bits per heavy atom. The summed E-state index contributed by atoms with van der Waals surface area (Å²) in [6.45, 7) is 3.84. The van der Waals surface area contributed by atoms with Crippen molar-refractivity contribution in [2.45, 2.75) is 314 Å². The van der Waals surface area contributed by atoms with Crippen molar-refractivity contribution in [3.63, 3.8) is 0 Å². The van der Waals surface area contributed by atoms with E-state index in [-0.39, 0.29) is 12.5 Å². The zero-order valence-corrected chi connectivity index (χ0v) is 41.4. The van der Waals surface area contributed by atoms with Gasteiger partial charge >= 0.3 is 0 Å².